The van der Waals surface area contributed by atoms with E-state index in [1.54, 1.807) is 6.20 Å². The Balaban J connectivity index is 2.87. The second kappa shape index (κ2) is 6.61. The fourth-order valence-electron chi connectivity index (χ4n) is 2.09. The van der Waals surface area contributed by atoms with Gasteiger partial charge in [-0.2, -0.15) is 0 Å². The average Bonchev–Trinajstić information content (AvgIpc) is 2.31. The van der Waals surface area contributed by atoms with Gasteiger partial charge < -0.3 is 5.73 Å². The third-order valence-electron chi connectivity index (χ3n) is 2.95. The zero-order chi connectivity index (χ0) is 12.0. The van der Waals surface area contributed by atoms with E-state index in [9.17, 15) is 0 Å². The summed E-state index contributed by atoms with van der Waals surface area (Å²) < 4.78 is 0. The molecule has 1 heterocycles. The van der Waals surface area contributed by atoms with Crippen molar-refractivity contribution < 1.29 is 0 Å². The van der Waals surface area contributed by atoms with Crippen molar-refractivity contribution in [2.24, 2.45) is 5.73 Å². The standard InChI is InChI=1S/C13H23N3/c1-4-9-16(3)13(12(14)5-2)11-7-6-8-15-10-11/h6-8,10,12-13H,4-5,9,14H2,1-3H3. The van der Waals surface area contributed by atoms with Crippen molar-refractivity contribution >= 4 is 0 Å². The monoisotopic (exact) mass is 221 g/mol. The van der Waals surface area contributed by atoms with Crippen LogP contribution >= 0.6 is 0 Å². The molecule has 0 aliphatic rings. The minimum atomic E-state index is 0.167. The molecule has 0 radical (unpaired) electrons. The number of hydrogen-bond acceptors (Lipinski definition) is 3. The minimum Gasteiger partial charge on any atom is -0.326 e. The molecule has 0 fully saturated rings. The molecular weight excluding hydrogens is 198 g/mol. The van der Waals surface area contributed by atoms with E-state index in [0.717, 1.165) is 19.4 Å². The molecule has 3 nitrogen and oxygen atoms in total. The Morgan fingerprint density at radius 3 is 2.69 bits per heavy atom. The fourth-order valence-corrected chi connectivity index (χ4v) is 2.09. The Kier molecular flexibility index (Phi) is 5.43. The first kappa shape index (κ1) is 13.1. The van der Waals surface area contributed by atoms with Crippen molar-refractivity contribution in [3.8, 4) is 0 Å². The van der Waals surface area contributed by atoms with E-state index in [4.69, 9.17) is 5.73 Å². The lowest BCUT2D eigenvalue weighted by Gasteiger charge is -2.32. The normalized spacial score (nSPS) is 15.1. The van der Waals surface area contributed by atoms with E-state index in [1.807, 2.05) is 12.3 Å². The number of likely N-dealkylation sites (N-methyl/N-ethyl adjacent to an activating group) is 1. The Morgan fingerprint density at radius 2 is 2.19 bits per heavy atom. The van der Waals surface area contributed by atoms with Crippen LogP contribution in [0.1, 0.15) is 38.3 Å². The molecule has 0 aromatic carbocycles. The van der Waals surface area contributed by atoms with Crippen molar-refractivity contribution in [2.45, 2.75) is 38.8 Å². The van der Waals surface area contributed by atoms with Crippen LogP contribution in [0, 0.1) is 0 Å². The molecule has 0 spiro atoms. The highest BCUT2D eigenvalue weighted by molar-refractivity contribution is 5.16. The molecular formula is C13H23N3. The maximum Gasteiger partial charge on any atom is 0.0511 e. The van der Waals surface area contributed by atoms with Gasteiger partial charge in [-0.05, 0) is 38.1 Å². The van der Waals surface area contributed by atoms with Crippen molar-refractivity contribution in [2.75, 3.05) is 13.6 Å². The lowest BCUT2D eigenvalue weighted by molar-refractivity contribution is 0.209. The van der Waals surface area contributed by atoms with Crippen LogP contribution in [-0.2, 0) is 0 Å². The lowest BCUT2D eigenvalue weighted by Crippen LogP contribution is -2.39. The van der Waals surface area contributed by atoms with Gasteiger partial charge in [0.15, 0.2) is 0 Å². The summed E-state index contributed by atoms with van der Waals surface area (Å²) in [6.45, 7) is 5.38. The molecule has 0 saturated carbocycles. The van der Waals surface area contributed by atoms with Crippen molar-refractivity contribution in [3.63, 3.8) is 0 Å². The average molecular weight is 221 g/mol. The molecule has 1 aromatic heterocycles. The van der Waals surface area contributed by atoms with E-state index >= 15 is 0 Å². The number of aromatic nitrogens is 1. The van der Waals surface area contributed by atoms with Gasteiger partial charge in [0.05, 0.1) is 6.04 Å². The van der Waals surface area contributed by atoms with E-state index in [2.05, 4.69) is 36.8 Å². The van der Waals surface area contributed by atoms with Crippen LogP contribution in [0.4, 0.5) is 0 Å². The number of hydrogen-bond donors (Lipinski definition) is 1. The summed E-state index contributed by atoms with van der Waals surface area (Å²) in [5, 5.41) is 0. The summed E-state index contributed by atoms with van der Waals surface area (Å²) in [5.41, 5.74) is 7.43. The van der Waals surface area contributed by atoms with Crippen LogP contribution in [0.3, 0.4) is 0 Å². The molecule has 0 saturated heterocycles. The highest BCUT2D eigenvalue weighted by Gasteiger charge is 2.22. The highest BCUT2D eigenvalue weighted by Crippen LogP contribution is 2.23. The zero-order valence-electron chi connectivity index (χ0n) is 10.6. The first-order chi connectivity index (χ1) is 7.70. The Hall–Kier alpha value is -0.930. The van der Waals surface area contributed by atoms with Crippen molar-refractivity contribution in [1.29, 1.82) is 0 Å². The molecule has 2 atom stereocenters. The maximum absolute atomic E-state index is 6.21. The quantitative estimate of drug-likeness (QED) is 0.800. The summed E-state index contributed by atoms with van der Waals surface area (Å²) in [6.07, 6.45) is 5.85. The molecule has 2 N–H and O–H groups in total. The summed E-state index contributed by atoms with van der Waals surface area (Å²) in [7, 11) is 2.14. The summed E-state index contributed by atoms with van der Waals surface area (Å²) in [4.78, 5) is 6.51. The molecule has 0 amide bonds. The van der Waals surface area contributed by atoms with Gasteiger partial charge >= 0.3 is 0 Å². The van der Waals surface area contributed by atoms with Crippen LogP contribution in [0.2, 0.25) is 0 Å². The molecule has 0 aliphatic carbocycles. The minimum absolute atomic E-state index is 0.167. The van der Waals surface area contributed by atoms with Crippen LogP contribution in [0.5, 0.6) is 0 Å². The summed E-state index contributed by atoms with van der Waals surface area (Å²) >= 11 is 0. The molecule has 1 rings (SSSR count). The predicted octanol–water partition coefficient (Wildman–Crippen LogP) is 2.20. The lowest BCUT2D eigenvalue weighted by atomic mass is 9.98. The largest absolute Gasteiger partial charge is 0.326 e. The first-order valence-corrected chi connectivity index (χ1v) is 6.06. The van der Waals surface area contributed by atoms with E-state index in [0.29, 0.717) is 0 Å². The molecule has 2 unspecified atom stereocenters. The first-order valence-electron chi connectivity index (χ1n) is 6.06. The Bertz CT molecular complexity index is 286. The van der Waals surface area contributed by atoms with Gasteiger partial charge in [0.25, 0.3) is 0 Å². The third-order valence-corrected chi connectivity index (χ3v) is 2.95. The van der Waals surface area contributed by atoms with E-state index in [-0.39, 0.29) is 12.1 Å². The Labute approximate surface area is 98.7 Å². The number of pyridine rings is 1. The summed E-state index contributed by atoms with van der Waals surface area (Å²) in [6, 6.07) is 4.53. The molecule has 16 heavy (non-hydrogen) atoms. The second-order valence-corrected chi connectivity index (χ2v) is 4.28. The number of nitrogens with two attached hydrogens (primary N) is 1. The highest BCUT2D eigenvalue weighted by atomic mass is 15.1. The maximum atomic E-state index is 6.21. The molecule has 0 aliphatic heterocycles. The third kappa shape index (κ3) is 3.29. The molecule has 0 bridgehead atoms. The van der Waals surface area contributed by atoms with Gasteiger partial charge in [-0.3, -0.25) is 9.88 Å². The van der Waals surface area contributed by atoms with Gasteiger partial charge in [-0.1, -0.05) is 19.9 Å². The van der Waals surface area contributed by atoms with Gasteiger partial charge in [-0.25, -0.2) is 0 Å². The number of rotatable bonds is 6. The molecule has 3 heteroatoms. The predicted molar refractivity (Wildman–Crippen MR) is 68.2 cm³/mol. The molecule has 90 valence electrons. The van der Waals surface area contributed by atoms with Crippen molar-refractivity contribution in [1.82, 2.24) is 9.88 Å². The van der Waals surface area contributed by atoms with Crippen LogP contribution in [0.15, 0.2) is 24.5 Å². The number of nitrogens with zero attached hydrogens (tertiary/aromatic N) is 2. The SMILES string of the molecule is CCCN(C)C(c1cccnc1)C(N)CC. The van der Waals surface area contributed by atoms with Crippen molar-refractivity contribution in [3.05, 3.63) is 30.1 Å². The smallest absolute Gasteiger partial charge is 0.0511 e. The second-order valence-electron chi connectivity index (χ2n) is 4.28. The van der Waals surface area contributed by atoms with E-state index in [1.165, 1.54) is 5.56 Å². The van der Waals surface area contributed by atoms with E-state index < -0.39 is 0 Å². The van der Waals surface area contributed by atoms with Gasteiger partial charge in [-0.15, -0.1) is 0 Å². The zero-order valence-corrected chi connectivity index (χ0v) is 10.6. The fraction of sp³-hybridized carbons (Fsp3) is 0.615. The van der Waals surface area contributed by atoms with Crippen LogP contribution in [-0.4, -0.2) is 29.5 Å². The topological polar surface area (TPSA) is 42.2 Å². The van der Waals surface area contributed by atoms with Crippen LogP contribution < -0.4 is 5.73 Å². The summed E-state index contributed by atoms with van der Waals surface area (Å²) in [5.74, 6) is 0. The van der Waals surface area contributed by atoms with Gasteiger partial charge in [0.1, 0.15) is 0 Å². The van der Waals surface area contributed by atoms with Gasteiger partial charge in [0.2, 0.25) is 0 Å². The molecule has 1 aromatic rings. The van der Waals surface area contributed by atoms with Crippen LogP contribution in [0.25, 0.3) is 0 Å². The van der Waals surface area contributed by atoms with Gasteiger partial charge in [0, 0.05) is 18.4 Å². The Morgan fingerprint density at radius 1 is 1.44 bits per heavy atom.